The largest absolute Gasteiger partial charge is 0.322 e. The third-order valence-electron chi connectivity index (χ3n) is 5.65. The van der Waals surface area contributed by atoms with Crippen LogP contribution in [0.15, 0.2) is 42.5 Å². The molecule has 2 aromatic carbocycles. The summed E-state index contributed by atoms with van der Waals surface area (Å²) in [5, 5.41) is 12.0. The molecule has 0 bridgehead atoms. The molecule has 1 aliphatic heterocycles. The Balaban J connectivity index is 1.46. The number of hydrogen-bond acceptors (Lipinski definition) is 3. The van der Waals surface area contributed by atoms with Crippen LogP contribution in [0.1, 0.15) is 46.3 Å². The highest BCUT2D eigenvalue weighted by Crippen LogP contribution is 2.28. The predicted octanol–water partition coefficient (Wildman–Crippen LogP) is 3.76. The number of rotatable bonds is 3. The lowest BCUT2D eigenvalue weighted by molar-refractivity contribution is 0.102. The van der Waals surface area contributed by atoms with Gasteiger partial charge in [-0.1, -0.05) is 18.6 Å². The summed E-state index contributed by atoms with van der Waals surface area (Å²) in [6.07, 6.45) is 6.19. The zero-order valence-electron chi connectivity index (χ0n) is 14.9. The van der Waals surface area contributed by atoms with E-state index >= 15 is 0 Å². The van der Waals surface area contributed by atoms with E-state index in [4.69, 9.17) is 5.26 Å². The fourth-order valence-corrected chi connectivity index (χ4v) is 3.87. The molecular weight excluding hydrogens is 322 g/mol. The van der Waals surface area contributed by atoms with Crippen molar-refractivity contribution in [3.8, 4) is 6.07 Å². The first kappa shape index (κ1) is 16.8. The van der Waals surface area contributed by atoms with E-state index in [2.05, 4.69) is 28.4 Å². The minimum Gasteiger partial charge on any atom is -0.322 e. The van der Waals surface area contributed by atoms with Crippen molar-refractivity contribution in [3.05, 3.63) is 64.7 Å². The second-order valence-corrected chi connectivity index (χ2v) is 7.25. The van der Waals surface area contributed by atoms with Crippen molar-refractivity contribution in [3.63, 3.8) is 0 Å². The van der Waals surface area contributed by atoms with Crippen molar-refractivity contribution >= 4 is 11.6 Å². The highest BCUT2D eigenvalue weighted by molar-refractivity contribution is 6.04. The number of anilines is 1. The summed E-state index contributed by atoms with van der Waals surface area (Å²) >= 11 is 0. The number of carbonyl (C=O) groups is 1. The molecule has 2 aliphatic rings. The normalized spacial score (nSPS) is 17.5. The summed E-state index contributed by atoms with van der Waals surface area (Å²) < 4.78 is 0. The minimum atomic E-state index is -0.174. The van der Waals surface area contributed by atoms with Gasteiger partial charge in [0, 0.05) is 30.4 Å². The van der Waals surface area contributed by atoms with Crippen molar-refractivity contribution in [1.29, 1.82) is 5.26 Å². The molecule has 0 atom stereocenters. The molecule has 4 heteroatoms. The first-order chi connectivity index (χ1) is 12.7. The smallest absolute Gasteiger partial charge is 0.255 e. The lowest BCUT2D eigenvalue weighted by atomic mass is 9.91. The summed E-state index contributed by atoms with van der Waals surface area (Å²) in [6.45, 7) is 2.25. The second kappa shape index (κ2) is 7.31. The van der Waals surface area contributed by atoms with Gasteiger partial charge in [0.15, 0.2) is 0 Å². The number of amides is 1. The van der Waals surface area contributed by atoms with Crippen LogP contribution in [0, 0.1) is 11.3 Å². The molecule has 2 aromatic rings. The number of benzene rings is 2. The van der Waals surface area contributed by atoms with E-state index in [-0.39, 0.29) is 5.91 Å². The van der Waals surface area contributed by atoms with Gasteiger partial charge >= 0.3 is 0 Å². The molecule has 26 heavy (non-hydrogen) atoms. The third kappa shape index (κ3) is 3.49. The summed E-state index contributed by atoms with van der Waals surface area (Å²) in [4.78, 5) is 15.1. The highest BCUT2D eigenvalue weighted by atomic mass is 16.1. The monoisotopic (exact) mass is 345 g/mol. The van der Waals surface area contributed by atoms with E-state index in [1.165, 1.54) is 30.4 Å². The van der Waals surface area contributed by atoms with Crippen LogP contribution in [0.5, 0.6) is 0 Å². The van der Waals surface area contributed by atoms with Crippen molar-refractivity contribution in [2.45, 2.75) is 38.1 Å². The molecule has 0 aromatic heterocycles. The van der Waals surface area contributed by atoms with Crippen LogP contribution in [0.3, 0.4) is 0 Å². The van der Waals surface area contributed by atoms with Gasteiger partial charge in [-0.05, 0) is 67.1 Å². The molecular formula is C22H23N3O. The van der Waals surface area contributed by atoms with Crippen molar-refractivity contribution in [2.24, 2.45) is 0 Å². The Morgan fingerprint density at radius 1 is 1.08 bits per heavy atom. The van der Waals surface area contributed by atoms with Crippen LogP contribution in [-0.4, -0.2) is 29.9 Å². The zero-order chi connectivity index (χ0) is 17.9. The van der Waals surface area contributed by atoms with Gasteiger partial charge in [-0.2, -0.15) is 5.26 Å². The van der Waals surface area contributed by atoms with Gasteiger partial charge in [0.1, 0.15) is 0 Å². The first-order valence-electron chi connectivity index (χ1n) is 9.40. The van der Waals surface area contributed by atoms with E-state index in [1.54, 1.807) is 24.3 Å². The quantitative estimate of drug-likeness (QED) is 0.921. The Kier molecular flexibility index (Phi) is 4.73. The number of carbonyl (C=O) groups excluding carboxylic acids is 1. The highest BCUT2D eigenvalue weighted by Gasteiger charge is 2.26. The SMILES string of the molecule is N#Cc1cccc(C(=O)Nc2ccc3c(c2)CCN(C2CCC2)CC3)c1. The van der Waals surface area contributed by atoms with Gasteiger partial charge in [0.2, 0.25) is 0 Å². The van der Waals surface area contributed by atoms with Crippen LogP contribution >= 0.6 is 0 Å². The van der Waals surface area contributed by atoms with Gasteiger partial charge in [-0.25, -0.2) is 0 Å². The van der Waals surface area contributed by atoms with E-state index in [1.807, 2.05) is 6.07 Å². The molecule has 132 valence electrons. The molecule has 0 saturated heterocycles. The van der Waals surface area contributed by atoms with Gasteiger partial charge < -0.3 is 5.32 Å². The van der Waals surface area contributed by atoms with Crippen LogP contribution in [0.4, 0.5) is 5.69 Å². The zero-order valence-corrected chi connectivity index (χ0v) is 14.9. The van der Waals surface area contributed by atoms with Crippen LogP contribution in [0.2, 0.25) is 0 Å². The molecule has 1 fully saturated rings. The Morgan fingerprint density at radius 3 is 2.62 bits per heavy atom. The van der Waals surface area contributed by atoms with Gasteiger partial charge in [-0.3, -0.25) is 9.69 Å². The van der Waals surface area contributed by atoms with E-state index in [9.17, 15) is 4.79 Å². The number of nitrogens with zero attached hydrogens (tertiary/aromatic N) is 2. The summed E-state index contributed by atoms with van der Waals surface area (Å²) in [5.41, 5.74) is 4.57. The summed E-state index contributed by atoms with van der Waals surface area (Å²) in [7, 11) is 0. The lowest BCUT2D eigenvalue weighted by Crippen LogP contribution is -2.41. The third-order valence-corrected chi connectivity index (χ3v) is 5.65. The van der Waals surface area contributed by atoms with Crippen molar-refractivity contribution < 1.29 is 4.79 Å². The Hall–Kier alpha value is -2.64. The van der Waals surface area contributed by atoms with Crippen molar-refractivity contribution in [1.82, 2.24) is 4.90 Å². The molecule has 1 heterocycles. The number of hydrogen-bond donors (Lipinski definition) is 1. The van der Waals surface area contributed by atoms with E-state index < -0.39 is 0 Å². The minimum absolute atomic E-state index is 0.174. The molecule has 0 radical (unpaired) electrons. The van der Waals surface area contributed by atoms with Crippen molar-refractivity contribution in [2.75, 3.05) is 18.4 Å². The summed E-state index contributed by atoms with van der Waals surface area (Å²) in [6, 6.07) is 15.9. The first-order valence-corrected chi connectivity index (χ1v) is 9.40. The molecule has 1 aliphatic carbocycles. The molecule has 0 spiro atoms. The molecule has 1 amide bonds. The van der Waals surface area contributed by atoms with Gasteiger partial charge in [-0.15, -0.1) is 0 Å². The number of fused-ring (bicyclic) bond motifs is 1. The maximum Gasteiger partial charge on any atom is 0.255 e. The topological polar surface area (TPSA) is 56.1 Å². The molecule has 4 nitrogen and oxygen atoms in total. The number of nitrogens with one attached hydrogen (secondary N) is 1. The molecule has 0 unspecified atom stereocenters. The fourth-order valence-electron chi connectivity index (χ4n) is 3.87. The fraction of sp³-hybridized carbons (Fsp3) is 0.364. The Labute approximate surface area is 154 Å². The Bertz CT molecular complexity index is 864. The van der Waals surface area contributed by atoms with Gasteiger partial charge in [0.05, 0.1) is 11.6 Å². The lowest BCUT2D eigenvalue weighted by Gasteiger charge is -2.36. The average molecular weight is 345 g/mol. The van der Waals surface area contributed by atoms with E-state index in [0.29, 0.717) is 11.1 Å². The van der Waals surface area contributed by atoms with E-state index in [0.717, 1.165) is 37.7 Å². The number of nitriles is 1. The summed E-state index contributed by atoms with van der Waals surface area (Å²) in [5.74, 6) is -0.174. The van der Waals surface area contributed by atoms with Crippen LogP contribution < -0.4 is 5.32 Å². The van der Waals surface area contributed by atoms with Gasteiger partial charge in [0.25, 0.3) is 5.91 Å². The Morgan fingerprint density at radius 2 is 1.88 bits per heavy atom. The van der Waals surface area contributed by atoms with Crippen LogP contribution in [-0.2, 0) is 12.8 Å². The molecule has 1 N–H and O–H groups in total. The maximum absolute atomic E-state index is 12.5. The standard InChI is InChI=1S/C22H23N3O/c23-15-16-3-1-4-19(13-16)22(26)24-20-8-7-17-9-11-25(21-5-2-6-21)12-10-18(17)14-20/h1,3-4,7-8,13-14,21H,2,5-6,9-12H2,(H,24,26). The van der Waals surface area contributed by atoms with Crippen LogP contribution in [0.25, 0.3) is 0 Å². The maximum atomic E-state index is 12.5. The molecule has 1 saturated carbocycles. The predicted molar refractivity (Wildman–Crippen MR) is 102 cm³/mol. The molecule has 4 rings (SSSR count). The second-order valence-electron chi connectivity index (χ2n) is 7.25. The average Bonchev–Trinajstić information content (AvgIpc) is 2.83.